The molecule has 0 aliphatic heterocycles. The largest absolute Gasteiger partial charge is 0.202 e. The third-order valence-corrected chi connectivity index (χ3v) is 1.80. The van der Waals surface area contributed by atoms with Crippen LogP contribution in [0.5, 0.6) is 0 Å². The molecule has 5 heteroatoms. The summed E-state index contributed by atoms with van der Waals surface area (Å²) >= 11 is 2.64. The van der Waals surface area contributed by atoms with E-state index >= 15 is 0 Å². The third kappa shape index (κ3) is 1.30. The number of rotatable bonds is 0. The van der Waals surface area contributed by atoms with E-state index in [9.17, 15) is 13.2 Å². The average Bonchev–Trinajstić information content (AvgIpc) is 2.08. The van der Waals surface area contributed by atoms with E-state index < -0.39 is 23.0 Å². The van der Waals surface area contributed by atoms with Gasteiger partial charge in [-0.1, -0.05) is 0 Å². The molecule has 1 aromatic carbocycles. The molecule has 0 fully saturated rings. The SMILES string of the molecule is N#Cc1cc(Br)c(F)c(F)c1F. The molecule has 0 N–H and O–H groups in total. The summed E-state index contributed by atoms with van der Waals surface area (Å²) in [6, 6.07) is 2.28. The molecule has 0 saturated heterocycles. The van der Waals surface area contributed by atoms with Crippen LogP contribution in [0.4, 0.5) is 13.2 Å². The van der Waals surface area contributed by atoms with Crippen LogP contribution in [0.3, 0.4) is 0 Å². The lowest BCUT2D eigenvalue weighted by molar-refractivity contribution is 0.442. The molecule has 1 nitrogen and oxygen atoms in total. The maximum atomic E-state index is 12.6. The fraction of sp³-hybridized carbons (Fsp3) is 0. The van der Waals surface area contributed by atoms with Gasteiger partial charge >= 0.3 is 0 Å². The van der Waals surface area contributed by atoms with Crippen LogP contribution in [0.2, 0.25) is 0 Å². The van der Waals surface area contributed by atoms with E-state index in [1.165, 1.54) is 6.07 Å². The van der Waals surface area contributed by atoms with Crippen LogP contribution in [0.25, 0.3) is 0 Å². The summed E-state index contributed by atoms with van der Waals surface area (Å²) in [6.07, 6.45) is 0. The highest BCUT2D eigenvalue weighted by molar-refractivity contribution is 9.10. The van der Waals surface area contributed by atoms with Crippen LogP contribution in [-0.2, 0) is 0 Å². The van der Waals surface area contributed by atoms with Crippen LogP contribution < -0.4 is 0 Å². The molecule has 0 aliphatic carbocycles. The van der Waals surface area contributed by atoms with Gasteiger partial charge in [-0.2, -0.15) is 5.26 Å². The van der Waals surface area contributed by atoms with Gasteiger partial charge in [0, 0.05) is 0 Å². The second kappa shape index (κ2) is 3.15. The van der Waals surface area contributed by atoms with Gasteiger partial charge in [0.1, 0.15) is 6.07 Å². The minimum absolute atomic E-state index is 0.266. The van der Waals surface area contributed by atoms with Gasteiger partial charge in [-0.15, -0.1) is 0 Å². The molecule has 0 bridgehead atoms. The third-order valence-electron chi connectivity index (χ3n) is 1.22. The smallest absolute Gasteiger partial charge is 0.196 e. The molecule has 0 amide bonds. The molecule has 1 rings (SSSR count). The molecule has 0 radical (unpaired) electrons. The van der Waals surface area contributed by atoms with Crippen molar-refractivity contribution in [1.82, 2.24) is 0 Å². The van der Waals surface area contributed by atoms with Crippen molar-refractivity contribution in [3.05, 3.63) is 33.6 Å². The first-order chi connectivity index (χ1) is 5.57. The van der Waals surface area contributed by atoms with Crippen molar-refractivity contribution in [2.24, 2.45) is 0 Å². The van der Waals surface area contributed by atoms with E-state index in [1.54, 1.807) is 0 Å². The van der Waals surface area contributed by atoms with Crippen LogP contribution in [-0.4, -0.2) is 0 Å². The van der Waals surface area contributed by atoms with E-state index in [0.717, 1.165) is 6.07 Å². The summed E-state index contributed by atoms with van der Waals surface area (Å²) in [5.41, 5.74) is -0.527. The van der Waals surface area contributed by atoms with Crippen LogP contribution in [0.1, 0.15) is 5.56 Å². The van der Waals surface area contributed by atoms with Gasteiger partial charge in [0.25, 0.3) is 0 Å². The lowest BCUT2D eigenvalue weighted by Crippen LogP contribution is -1.95. The molecule has 0 aliphatic rings. The average molecular weight is 236 g/mol. The Bertz CT molecular complexity index is 370. The summed E-state index contributed by atoms with van der Waals surface area (Å²) < 4.78 is 37.4. The predicted octanol–water partition coefficient (Wildman–Crippen LogP) is 2.74. The molecule has 0 saturated carbocycles. The molecular weight excluding hydrogens is 235 g/mol. The summed E-state index contributed by atoms with van der Waals surface area (Å²) in [4.78, 5) is 0. The van der Waals surface area contributed by atoms with Crippen molar-refractivity contribution in [1.29, 1.82) is 5.26 Å². The Labute approximate surface area is 74.6 Å². The van der Waals surface area contributed by atoms with Crippen molar-refractivity contribution in [3.8, 4) is 6.07 Å². The topological polar surface area (TPSA) is 23.8 Å². The van der Waals surface area contributed by atoms with Gasteiger partial charge < -0.3 is 0 Å². The summed E-state index contributed by atoms with van der Waals surface area (Å²) in [7, 11) is 0. The highest BCUT2D eigenvalue weighted by Crippen LogP contribution is 2.23. The highest BCUT2D eigenvalue weighted by atomic mass is 79.9. The number of benzene rings is 1. The van der Waals surface area contributed by atoms with Crippen LogP contribution >= 0.6 is 15.9 Å². The number of hydrogen-bond donors (Lipinski definition) is 0. The van der Waals surface area contributed by atoms with Gasteiger partial charge in [0.15, 0.2) is 17.5 Å². The second-order valence-corrected chi connectivity index (χ2v) is 2.81. The van der Waals surface area contributed by atoms with Crippen molar-refractivity contribution < 1.29 is 13.2 Å². The van der Waals surface area contributed by atoms with Crippen molar-refractivity contribution in [3.63, 3.8) is 0 Å². The normalized spacial score (nSPS) is 9.58. The fourth-order valence-corrected chi connectivity index (χ4v) is 1.06. The van der Waals surface area contributed by atoms with Crippen molar-refractivity contribution in [2.75, 3.05) is 0 Å². The summed E-state index contributed by atoms with van der Waals surface area (Å²) in [5, 5.41) is 8.26. The molecule has 0 unspecified atom stereocenters. The monoisotopic (exact) mass is 235 g/mol. The molecule has 0 spiro atoms. The lowest BCUT2D eigenvalue weighted by atomic mass is 10.2. The van der Waals surface area contributed by atoms with E-state index in [4.69, 9.17) is 5.26 Å². The van der Waals surface area contributed by atoms with Gasteiger partial charge in [-0.25, -0.2) is 13.2 Å². The predicted molar refractivity (Wildman–Crippen MR) is 38.7 cm³/mol. The minimum atomic E-state index is -1.64. The maximum Gasteiger partial charge on any atom is 0.196 e. The number of hydrogen-bond acceptors (Lipinski definition) is 1. The minimum Gasteiger partial charge on any atom is -0.202 e. The first-order valence-corrected chi connectivity index (χ1v) is 3.60. The zero-order valence-electron chi connectivity index (χ0n) is 5.54. The molecule has 0 aromatic heterocycles. The van der Waals surface area contributed by atoms with E-state index in [1.807, 2.05) is 0 Å². The Morgan fingerprint density at radius 3 is 2.25 bits per heavy atom. The second-order valence-electron chi connectivity index (χ2n) is 1.96. The number of nitrogens with zero attached hydrogens (tertiary/aromatic N) is 1. The first-order valence-electron chi connectivity index (χ1n) is 2.81. The van der Waals surface area contributed by atoms with Crippen molar-refractivity contribution >= 4 is 15.9 Å². The quantitative estimate of drug-likeness (QED) is 0.501. The Balaban J connectivity index is 3.52. The molecule has 0 heterocycles. The van der Waals surface area contributed by atoms with E-state index in [-0.39, 0.29) is 4.47 Å². The van der Waals surface area contributed by atoms with Crippen LogP contribution in [0.15, 0.2) is 10.5 Å². The highest BCUT2D eigenvalue weighted by Gasteiger charge is 2.16. The Hall–Kier alpha value is -1.02. The fourth-order valence-electron chi connectivity index (χ4n) is 0.654. The van der Waals surface area contributed by atoms with Gasteiger partial charge in [0.05, 0.1) is 10.0 Å². The zero-order valence-corrected chi connectivity index (χ0v) is 7.12. The van der Waals surface area contributed by atoms with E-state index in [0.29, 0.717) is 0 Å². The van der Waals surface area contributed by atoms with Gasteiger partial charge in [-0.05, 0) is 22.0 Å². The van der Waals surface area contributed by atoms with Crippen molar-refractivity contribution in [2.45, 2.75) is 0 Å². The lowest BCUT2D eigenvalue weighted by Gasteiger charge is -1.98. The standard InChI is InChI=1S/C7HBrF3N/c8-4-1-3(2-12)5(9)7(11)6(4)10/h1H. The van der Waals surface area contributed by atoms with E-state index in [2.05, 4.69) is 15.9 Å². The molecule has 0 atom stereocenters. The van der Waals surface area contributed by atoms with Gasteiger partial charge in [-0.3, -0.25) is 0 Å². The zero-order chi connectivity index (χ0) is 9.30. The molecule has 1 aromatic rings. The molecular formula is C7HBrF3N. The Kier molecular flexibility index (Phi) is 2.38. The Morgan fingerprint density at radius 1 is 1.17 bits per heavy atom. The summed E-state index contributed by atoms with van der Waals surface area (Å²) in [5.74, 6) is -4.43. The van der Waals surface area contributed by atoms with Crippen LogP contribution in [0, 0.1) is 28.8 Å². The van der Waals surface area contributed by atoms with Gasteiger partial charge in [0.2, 0.25) is 0 Å². The Morgan fingerprint density at radius 2 is 1.75 bits per heavy atom. The maximum absolute atomic E-state index is 12.6. The molecule has 62 valence electrons. The number of nitriles is 1. The first kappa shape index (κ1) is 9.07. The summed E-state index contributed by atoms with van der Waals surface area (Å²) in [6.45, 7) is 0. The number of halogens is 4. The molecule has 12 heavy (non-hydrogen) atoms.